The second-order valence-electron chi connectivity index (χ2n) is 13.5. The second-order valence-corrected chi connectivity index (χ2v) is 15.0. The van der Waals surface area contributed by atoms with Gasteiger partial charge in [0.25, 0.3) is 0 Å². The summed E-state index contributed by atoms with van der Waals surface area (Å²) in [5, 5.41) is 9.96. The number of carbonyl (C=O) groups excluding carboxylic acids is 2. The molecule has 48 heavy (non-hydrogen) atoms. The Kier molecular flexibility index (Phi) is 12.9. The summed E-state index contributed by atoms with van der Waals surface area (Å²) in [4.78, 5) is 29.4. The fourth-order valence-corrected chi connectivity index (χ4v) is 8.04. The molecule has 3 aliphatic rings. The Labute approximate surface area is 290 Å². The van der Waals surface area contributed by atoms with E-state index in [-0.39, 0.29) is 29.7 Å². The lowest BCUT2D eigenvalue weighted by molar-refractivity contribution is -0.119. The van der Waals surface area contributed by atoms with Crippen LogP contribution in [0.15, 0.2) is 42.5 Å². The van der Waals surface area contributed by atoms with Crippen LogP contribution in [0.5, 0.6) is 0 Å². The number of nitrogens with one attached hydrogen (secondary N) is 3. The van der Waals surface area contributed by atoms with E-state index >= 15 is 4.39 Å². The van der Waals surface area contributed by atoms with Gasteiger partial charge in [-0.05, 0) is 80.2 Å². The molecule has 2 amide bonds. The molecular formula is C35H48ClFN4O6S. The van der Waals surface area contributed by atoms with Crippen molar-refractivity contribution in [2.75, 3.05) is 37.9 Å². The molecule has 0 aromatic heterocycles. The number of hydrogen-bond acceptors (Lipinski definition) is 7. The Morgan fingerprint density at radius 2 is 1.98 bits per heavy atom. The Morgan fingerprint density at radius 3 is 2.69 bits per heavy atom. The molecule has 0 bridgehead atoms. The van der Waals surface area contributed by atoms with Crippen LogP contribution < -0.4 is 16.0 Å². The largest absolute Gasteiger partial charge is 0.453 e. The molecule has 264 valence electrons. The van der Waals surface area contributed by atoms with Gasteiger partial charge in [0.05, 0.1) is 13.2 Å². The Hall–Kier alpha value is -2.61. The number of carbonyl (C=O) groups is 2. The van der Waals surface area contributed by atoms with E-state index in [1.165, 1.54) is 13.2 Å². The molecular weight excluding hydrogens is 659 g/mol. The topological polar surface area (TPSA) is 129 Å². The number of rotatable bonds is 14. The maximum atomic E-state index is 15.4. The van der Waals surface area contributed by atoms with Crippen molar-refractivity contribution in [2.24, 2.45) is 11.8 Å². The Morgan fingerprint density at radius 1 is 1.21 bits per heavy atom. The van der Waals surface area contributed by atoms with E-state index < -0.39 is 40.9 Å². The molecule has 0 aliphatic carbocycles. The van der Waals surface area contributed by atoms with E-state index in [2.05, 4.69) is 34.7 Å². The maximum absolute atomic E-state index is 15.4. The van der Waals surface area contributed by atoms with E-state index in [0.717, 1.165) is 25.1 Å². The van der Waals surface area contributed by atoms with Crippen LogP contribution in [0.3, 0.4) is 0 Å². The molecule has 3 aliphatic heterocycles. The number of fused-ring (bicyclic) bond motifs is 1. The van der Waals surface area contributed by atoms with Gasteiger partial charge in [-0.1, -0.05) is 43.6 Å². The van der Waals surface area contributed by atoms with Crippen molar-refractivity contribution in [2.45, 2.75) is 88.6 Å². The minimum Gasteiger partial charge on any atom is -0.453 e. The van der Waals surface area contributed by atoms with Gasteiger partial charge in [0.15, 0.2) is 11.1 Å². The number of anilines is 1. The Bertz CT molecular complexity index is 1430. The first-order valence-electron chi connectivity index (χ1n) is 16.9. The van der Waals surface area contributed by atoms with Crippen LogP contribution in [0.1, 0.15) is 63.0 Å². The van der Waals surface area contributed by atoms with Crippen LogP contribution in [-0.2, 0) is 31.8 Å². The molecule has 2 aromatic rings. The lowest BCUT2D eigenvalue weighted by Crippen LogP contribution is -2.50. The standard InChI is InChI=1S/C35H48ClFN4O6S/c1-21(2)31-18-23(15-16-47-31)32(22-9-11-24(36)12-10-22)33(40-35(43)46-3)34(42)39-28-8-4-7-27(37)26(28)13-14-29-30-20-41(30)25(19-38-29)6-5-17-48(44)45/h4,7-12,21,23,25,29-33,38H,5-6,13-20H2,1-3H3,(H,39,42)(H,40,43)(H,44,45)/t23?,25?,29?,30?,31?,32-,33-,41?/m0/s1. The van der Waals surface area contributed by atoms with E-state index in [9.17, 15) is 13.8 Å². The fraction of sp³-hybridized carbons (Fsp3) is 0.600. The van der Waals surface area contributed by atoms with E-state index in [1.54, 1.807) is 24.3 Å². The van der Waals surface area contributed by atoms with Gasteiger partial charge in [-0.2, -0.15) is 0 Å². The normalized spacial score (nSPS) is 27.0. The number of halogens is 2. The summed E-state index contributed by atoms with van der Waals surface area (Å²) in [7, 11) is 1.26. The first-order chi connectivity index (χ1) is 23.0. The highest BCUT2D eigenvalue weighted by molar-refractivity contribution is 7.79. The molecule has 3 fully saturated rings. The maximum Gasteiger partial charge on any atom is 0.407 e. The molecule has 0 saturated carbocycles. The summed E-state index contributed by atoms with van der Waals surface area (Å²) in [6, 6.07) is 11.8. The van der Waals surface area contributed by atoms with Gasteiger partial charge in [0.2, 0.25) is 5.91 Å². The number of piperazine rings is 1. The number of ether oxygens (including phenoxy) is 2. The van der Waals surface area contributed by atoms with Crippen LogP contribution in [0.2, 0.25) is 5.02 Å². The molecule has 4 N–H and O–H groups in total. The third-order valence-electron chi connectivity index (χ3n) is 10.1. The molecule has 9 atom stereocenters. The molecule has 13 heteroatoms. The summed E-state index contributed by atoms with van der Waals surface area (Å²) in [5.41, 5.74) is 1.64. The van der Waals surface area contributed by atoms with Crippen LogP contribution in [0, 0.1) is 17.7 Å². The Balaban J connectivity index is 1.33. The van der Waals surface area contributed by atoms with Crippen LogP contribution >= 0.6 is 11.6 Å². The number of nitrogens with zero attached hydrogens (tertiary/aromatic N) is 1. The SMILES string of the molecule is COC(=O)N[C@H](C(=O)Nc1cccc(F)c1CCC1NCC(CCCS(=O)O)N2CC12)[C@@H](c1ccc(Cl)cc1)C1CCOC(C(C)C)C1. The van der Waals surface area contributed by atoms with Gasteiger partial charge >= 0.3 is 6.09 Å². The molecule has 2 aromatic carbocycles. The fourth-order valence-electron chi connectivity index (χ4n) is 7.50. The third-order valence-corrected chi connectivity index (χ3v) is 11.0. The van der Waals surface area contributed by atoms with E-state index in [4.69, 9.17) is 25.6 Å². The first kappa shape index (κ1) is 36.7. The minimum absolute atomic E-state index is 0.000638. The van der Waals surface area contributed by atoms with Crippen molar-refractivity contribution >= 4 is 40.4 Å². The highest BCUT2D eigenvalue weighted by atomic mass is 35.5. The quantitative estimate of drug-likeness (QED) is 0.153. The van der Waals surface area contributed by atoms with Crippen molar-refractivity contribution in [3.8, 4) is 0 Å². The molecule has 3 heterocycles. The number of methoxy groups -OCH3 is 1. The lowest BCUT2D eigenvalue weighted by atomic mass is 9.74. The predicted molar refractivity (Wildman–Crippen MR) is 185 cm³/mol. The van der Waals surface area contributed by atoms with E-state index in [0.29, 0.717) is 67.1 Å². The average Bonchev–Trinajstić information content (AvgIpc) is 3.87. The zero-order valence-electron chi connectivity index (χ0n) is 27.8. The highest BCUT2D eigenvalue weighted by Gasteiger charge is 2.47. The average molecular weight is 707 g/mol. The van der Waals surface area contributed by atoms with E-state index in [1.807, 2.05) is 12.1 Å². The molecule has 3 saturated heterocycles. The van der Waals surface area contributed by atoms with Crippen LogP contribution in [-0.4, -0.2) is 88.5 Å². The van der Waals surface area contributed by atoms with Gasteiger partial charge in [0.1, 0.15) is 11.9 Å². The zero-order valence-corrected chi connectivity index (χ0v) is 29.4. The smallest absolute Gasteiger partial charge is 0.407 e. The molecule has 5 rings (SSSR count). The van der Waals surface area contributed by atoms with Crippen molar-refractivity contribution in [1.82, 2.24) is 15.5 Å². The van der Waals surface area contributed by atoms with Crippen molar-refractivity contribution in [1.29, 1.82) is 0 Å². The van der Waals surface area contributed by atoms with Gasteiger partial charge in [-0.25, -0.2) is 13.4 Å². The number of hydrogen-bond donors (Lipinski definition) is 4. The monoisotopic (exact) mass is 706 g/mol. The number of amides is 2. The van der Waals surface area contributed by atoms with Gasteiger partial charge in [0, 0.05) is 65.8 Å². The molecule has 10 nitrogen and oxygen atoms in total. The lowest BCUT2D eigenvalue weighted by Gasteiger charge is -2.39. The van der Waals surface area contributed by atoms with Crippen molar-refractivity contribution < 1.29 is 32.2 Å². The third kappa shape index (κ3) is 9.34. The van der Waals surface area contributed by atoms with Crippen LogP contribution in [0.4, 0.5) is 14.9 Å². The van der Waals surface area contributed by atoms with Gasteiger partial charge in [-0.3, -0.25) is 9.69 Å². The second kappa shape index (κ2) is 16.9. The summed E-state index contributed by atoms with van der Waals surface area (Å²) < 4.78 is 46.6. The minimum atomic E-state index is -1.77. The highest BCUT2D eigenvalue weighted by Crippen LogP contribution is 2.39. The summed E-state index contributed by atoms with van der Waals surface area (Å²) in [5.74, 6) is -0.733. The summed E-state index contributed by atoms with van der Waals surface area (Å²) in [6.07, 6.45) is 3.31. The number of alkyl carbamates (subject to hydrolysis) is 1. The number of benzene rings is 2. The van der Waals surface area contributed by atoms with Crippen molar-refractivity contribution in [3.63, 3.8) is 0 Å². The van der Waals surface area contributed by atoms with Gasteiger partial charge in [-0.15, -0.1) is 0 Å². The molecule has 0 spiro atoms. The first-order valence-corrected chi connectivity index (χ1v) is 18.6. The zero-order chi connectivity index (χ0) is 34.4. The molecule has 7 unspecified atom stereocenters. The predicted octanol–water partition coefficient (Wildman–Crippen LogP) is 5.34. The summed E-state index contributed by atoms with van der Waals surface area (Å²) in [6.45, 7) is 6.48. The van der Waals surface area contributed by atoms with Crippen molar-refractivity contribution in [3.05, 3.63) is 64.4 Å². The summed E-state index contributed by atoms with van der Waals surface area (Å²) >= 11 is 4.47. The molecule has 0 radical (unpaired) electrons. The van der Waals surface area contributed by atoms with Gasteiger partial charge < -0.3 is 30.0 Å². The van der Waals surface area contributed by atoms with Crippen LogP contribution in [0.25, 0.3) is 0 Å².